The zero-order valence-electron chi connectivity index (χ0n) is 19.0. The molecule has 0 bridgehead atoms. The molecule has 2 atom stereocenters. The minimum atomic E-state index is -0.937. The minimum absolute atomic E-state index is 0.323. The molecule has 1 aromatic carbocycles. The molecule has 33 heavy (non-hydrogen) atoms. The summed E-state index contributed by atoms with van der Waals surface area (Å²) >= 11 is 1.27. The lowest BCUT2D eigenvalue weighted by molar-refractivity contribution is -0.147. The van der Waals surface area contributed by atoms with Gasteiger partial charge in [-0.2, -0.15) is 0 Å². The van der Waals surface area contributed by atoms with Crippen LogP contribution in [-0.2, 0) is 14.3 Å². The van der Waals surface area contributed by atoms with Crippen molar-refractivity contribution < 1.29 is 24.2 Å². The van der Waals surface area contributed by atoms with Gasteiger partial charge in [-0.3, -0.25) is 9.59 Å². The van der Waals surface area contributed by atoms with Gasteiger partial charge in [0.15, 0.2) is 0 Å². The van der Waals surface area contributed by atoms with Gasteiger partial charge in [-0.25, -0.2) is 4.79 Å². The Balaban J connectivity index is 1.58. The Morgan fingerprint density at radius 1 is 0.939 bits per heavy atom. The lowest BCUT2D eigenvalue weighted by atomic mass is 9.78. The van der Waals surface area contributed by atoms with Crippen LogP contribution in [0.1, 0.15) is 79.6 Å². The van der Waals surface area contributed by atoms with E-state index in [1.54, 1.807) is 0 Å². The molecule has 0 spiro atoms. The van der Waals surface area contributed by atoms with Gasteiger partial charge >= 0.3 is 11.9 Å². The van der Waals surface area contributed by atoms with Gasteiger partial charge in [0.1, 0.15) is 10.6 Å². The number of benzene rings is 1. The molecule has 2 fully saturated rings. The number of aliphatic carboxylic acids is 1. The summed E-state index contributed by atoms with van der Waals surface area (Å²) in [4.78, 5) is 37.3. The fraction of sp³-hybridized carbons (Fsp3) is 0.500. The molecule has 4 rings (SSSR count). The number of nitrogens with one attached hydrogen (secondary N) is 1. The summed E-state index contributed by atoms with van der Waals surface area (Å²) < 4.78 is 5.03. The smallest absolute Gasteiger partial charge is 0.341 e. The second kappa shape index (κ2) is 10.5. The van der Waals surface area contributed by atoms with E-state index in [2.05, 4.69) is 17.4 Å². The van der Waals surface area contributed by atoms with Crippen LogP contribution >= 0.6 is 11.3 Å². The van der Waals surface area contributed by atoms with Crippen molar-refractivity contribution in [1.82, 2.24) is 0 Å². The first-order valence-electron chi connectivity index (χ1n) is 11.8. The van der Waals surface area contributed by atoms with Crippen molar-refractivity contribution in [3.05, 3.63) is 40.8 Å². The van der Waals surface area contributed by atoms with Gasteiger partial charge in [0.2, 0.25) is 5.91 Å². The van der Waals surface area contributed by atoms with Crippen molar-refractivity contribution in [2.45, 2.75) is 63.7 Å². The van der Waals surface area contributed by atoms with E-state index in [1.165, 1.54) is 56.1 Å². The number of hydrogen-bond donors (Lipinski definition) is 2. The number of hydrogen-bond acceptors (Lipinski definition) is 5. The maximum Gasteiger partial charge on any atom is 0.341 e. The highest BCUT2D eigenvalue weighted by Gasteiger charge is 2.36. The van der Waals surface area contributed by atoms with Gasteiger partial charge in [-0.1, -0.05) is 56.4 Å². The quantitative estimate of drug-likeness (QED) is 0.500. The van der Waals surface area contributed by atoms with Crippen molar-refractivity contribution in [1.29, 1.82) is 0 Å². The topological polar surface area (TPSA) is 92.7 Å². The number of anilines is 1. The van der Waals surface area contributed by atoms with Crippen LogP contribution < -0.4 is 5.32 Å². The SMILES string of the molecule is COC(=O)c1c(-c2ccc(C3CCCCC3)cc2)csc1NC(=O)[C@@H]1CCCC[C@H]1C(=O)O. The first-order valence-corrected chi connectivity index (χ1v) is 12.7. The Morgan fingerprint density at radius 3 is 2.21 bits per heavy atom. The second-order valence-corrected chi connectivity index (χ2v) is 10.0. The highest BCUT2D eigenvalue weighted by atomic mass is 32.1. The van der Waals surface area contributed by atoms with E-state index in [1.807, 2.05) is 17.5 Å². The van der Waals surface area contributed by atoms with Crippen LogP contribution in [0.25, 0.3) is 11.1 Å². The number of thiophene rings is 1. The Kier molecular flexibility index (Phi) is 7.48. The average Bonchev–Trinajstić information content (AvgIpc) is 3.27. The molecular weight excluding hydrogens is 438 g/mol. The number of methoxy groups -OCH3 is 1. The van der Waals surface area contributed by atoms with Crippen LogP contribution in [0.2, 0.25) is 0 Å². The second-order valence-electron chi connectivity index (χ2n) is 9.13. The summed E-state index contributed by atoms with van der Waals surface area (Å²) in [5, 5.41) is 14.6. The summed E-state index contributed by atoms with van der Waals surface area (Å²) in [7, 11) is 1.32. The van der Waals surface area contributed by atoms with E-state index in [4.69, 9.17) is 4.74 Å². The van der Waals surface area contributed by atoms with Crippen LogP contribution in [0.3, 0.4) is 0 Å². The third-order valence-corrected chi connectivity index (χ3v) is 8.03. The average molecular weight is 470 g/mol. The van der Waals surface area contributed by atoms with E-state index >= 15 is 0 Å². The van der Waals surface area contributed by atoms with Crippen LogP contribution in [0.15, 0.2) is 29.6 Å². The molecule has 0 unspecified atom stereocenters. The number of carbonyl (C=O) groups excluding carboxylic acids is 2. The lowest BCUT2D eigenvalue weighted by Gasteiger charge is -2.27. The van der Waals surface area contributed by atoms with Crippen LogP contribution in [0, 0.1) is 11.8 Å². The number of carbonyl (C=O) groups is 3. The molecule has 2 aliphatic carbocycles. The number of amides is 1. The van der Waals surface area contributed by atoms with Gasteiger partial charge in [0, 0.05) is 10.9 Å². The van der Waals surface area contributed by atoms with Crippen molar-refractivity contribution in [2.24, 2.45) is 11.8 Å². The number of carboxylic acid groups (broad SMARTS) is 1. The zero-order valence-corrected chi connectivity index (χ0v) is 19.8. The highest BCUT2D eigenvalue weighted by molar-refractivity contribution is 7.15. The fourth-order valence-corrected chi connectivity index (χ4v) is 6.24. The molecule has 2 aliphatic rings. The molecule has 1 heterocycles. The standard InChI is InChI=1S/C26H31NO5S/c1-32-26(31)22-21(18-13-11-17(12-14-18)16-7-3-2-4-8-16)15-33-24(22)27-23(28)19-9-5-6-10-20(19)25(29)30/h11-16,19-20H,2-10H2,1H3,(H,27,28)(H,29,30)/t19-,20-/m1/s1. The molecule has 2 N–H and O–H groups in total. The number of rotatable bonds is 6. The van der Waals surface area contributed by atoms with Crippen molar-refractivity contribution >= 4 is 34.2 Å². The molecule has 0 radical (unpaired) electrons. The van der Waals surface area contributed by atoms with Crippen molar-refractivity contribution in [3.63, 3.8) is 0 Å². The minimum Gasteiger partial charge on any atom is -0.481 e. The third-order valence-electron chi connectivity index (χ3n) is 7.14. The van der Waals surface area contributed by atoms with Gasteiger partial charge < -0.3 is 15.2 Å². The van der Waals surface area contributed by atoms with Gasteiger partial charge in [0.25, 0.3) is 0 Å². The molecule has 2 saturated carbocycles. The Bertz CT molecular complexity index is 1010. The summed E-state index contributed by atoms with van der Waals surface area (Å²) in [6.45, 7) is 0. The summed E-state index contributed by atoms with van der Waals surface area (Å²) in [6.07, 6.45) is 8.99. The molecular formula is C26H31NO5S. The number of ether oxygens (including phenoxy) is 1. The molecule has 0 saturated heterocycles. The molecule has 7 heteroatoms. The maximum atomic E-state index is 13.0. The third kappa shape index (κ3) is 5.13. The lowest BCUT2D eigenvalue weighted by Crippen LogP contribution is -2.36. The highest BCUT2D eigenvalue weighted by Crippen LogP contribution is 2.39. The maximum absolute atomic E-state index is 13.0. The summed E-state index contributed by atoms with van der Waals surface area (Å²) in [5.41, 5.74) is 3.27. The monoisotopic (exact) mass is 469 g/mol. The molecule has 1 amide bonds. The predicted molar refractivity (Wildman–Crippen MR) is 129 cm³/mol. The first-order chi connectivity index (χ1) is 16.0. The molecule has 1 aromatic heterocycles. The fourth-order valence-electron chi connectivity index (χ4n) is 5.28. The molecule has 2 aromatic rings. The Hall–Kier alpha value is -2.67. The van der Waals surface area contributed by atoms with E-state index in [0.717, 1.165) is 24.0 Å². The van der Waals surface area contributed by atoms with Crippen molar-refractivity contribution in [2.75, 3.05) is 12.4 Å². The Morgan fingerprint density at radius 2 is 1.58 bits per heavy atom. The van der Waals surface area contributed by atoms with Crippen molar-refractivity contribution in [3.8, 4) is 11.1 Å². The van der Waals surface area contributed by atoms with E-state index in [-0.39, 0.29) is 5.91 Å². The molecule has 6 nitrogen and oxygen atoms in total. The summed E-state index contributed by atoms with van der Waals surface area (Å²) in [5.74, 6) is -2.48. The van der Waals surface area contributed by atoms with Gasteiger partial charge in [-0.15, -0.1) is 11.3 Å². The van der Waals surface area contributed by atoms with Crippen LogP contribution in [0.5, 0.6) is 0 Å². The van der Waals surface area contributed by atoms with E-state index in [0.29, 0.717) is 29.3 Å². The predicted octanol–water partition coefficient (Wildman–Crippen LogP) is 6.08. The Labute approximate surface area is 198 Å². The van der Waals surface area contributed by atoms with Crippen LogP contribution in [-0.4, -0.2) is 30.1 Å². The van der Waals surface area contributed by atoms with E-state index < -0.39 is 23.8 Å². The molecule has 176 valence electrons. The first kappa shape index (κ1) is 23.5. The zero-order chi connectivity index (χ0) is 23.4. The van der Waals surface area contributed by atoms with Crippen LogP contribution in [0.4, 0.5) is 5.00 Å². The largest absolute Gasteiger partial charge is 0.481 e. The summed E-state index contributed by atoms with van der Waals surface area (Å²) in [6, 6.07) is 8.35. The van der Waals surface area contributed by atoms with E-state index in [9.17, 15) is 19.5 Å². The number of carboxylic acids is 1. The normalized spacial score (nSPS) is 21.4. The van der Waals surface area contributed by atoms with Gasteiger partial charge in [-0.05, 0) is 42.7 Å². The van der Waals surface area contributed by atoms with Gasteiger partial charge in [0.05, 0.1) is 18.9 Å². The number of esters is 1. The molecule has 0 aliphatic heterocycles.